The van der Waals surface area contributed by atoms with Crippen molar-refractivity contribution in [1.29, 1.82) is 0 Å². The second-order valence-electron chi connectivity index (χ2n) is 8.02. The number of aliphatic hydroxyl groups excluding tert-OH is 2. The molecule has 2 aromatic rings. The van der Waals surface area contributed by atoms with E-state index < -0.39 is 60.1 Å². The quantitative estimate of drug-likeness (QED) is 0.133. The molecule has 2 heterocycles. The number of nitrogens with zero attached hydrogens (tertiary/aromatic N) is 2. The fourth-order valence-electron chi connectivity index (χ4n) is 3.12. The molecule has 0 saturated heterocycles. The monoisotopic (exact) mass is 494 g/mol. The minimum atomic E-state index is -1.63. The number of aromatic nitrogens is 4. The Morgan fingerprint density at radius 3 is 1.83 bits per heavy atom. The van der Waals surface area contributed by atoms with Crippen molar-refractivity contribution in [2.45, 2.75) is 63.1 Å². The summed E-state index contributed by atoms with van der Waals surface area (Å²) in [7, 11) is 0. The summed E-state index contributed by atoms with van der Waals surface area (Å²) in [6.07, 6.45) is 2.86. The normalized spacial score (nSPS) is 16.3. The van der Waals surface area contributed by atoms with Crippen LogP contribution in [0.4, 0.5) is 0 Å². The number of carboxylic acid groups (broad SMARTS) is 1. The highest BCUT2D eigenvalue weighted by Gasteiger charge is 2.33. The number of hydrogen-bond donors (Lipinski definition) is 9. The van der Waals surface area contributed by atoms with Gasteiger partial charge in [-0.1, -0.05) is 0 Å². The van der Waals surface area contributed by atoms with Crippen molar-refractivity contribution in [1.82, 2.24) is 35.9 Å². The molecule has 6 atom stereocenters. The second kappa shape index (κ2) is 12.6. The fourth-order valence-corrected chi connectivity index (χ4v) is 3.12. The number of rotatable bonds is 13. The molecule has 0 aliphatic heterocycles. The lowest BCUT2D eigenvalue weighted by molar-refractivity contribution is -0.145. The van der Waals surface area contributed by atoms with Gasteiger partial charge in [-0.25, -0.2) is 14.8 Å². The molecule has 35 heavy (non-hydrogen) atoms. The molecule has 0 aliphatic rings. The number of H-pyrrole nitrogens is 2. The van der Waals surface area contributed by atoms with Crippen LogP contribution in [0.1, 0.15) is 25.2 Å². The third-order valence-electron chi connectivity index (χ3n) is 5.05. The van der Waals surface area contributed by atoms with Gasteiger partial charge in [0.1, 0.15) is 12.1 Å². The molecule has 0 spiro atoms. The molecular formula is C20H30N8O7. The minimum Gasteiger partial charge on any atom is -0.480 e. The summed E-state index contributed by atoms with van der Waals surface area (Å²) in [4.78, 5) is 62.8. The SMILES string of the molecule is CC(O)C(NC(=O)C(Cc1cnc[nH]1)NC(=O)C(NC(=O)C(N)Cc1cnc[nH]1)C(C)O)C(=O)O. The predicted molar refractivity (Wildman–Crippen MR) is 119 cm³/mol. The Morgan fingerprint density at radius 2 is 1.37 bits per heavy atom. The van der Waals surface area contributed by atoms with E-state index in [4.69, 9.17) is 5.73 Å². The molecule has 15 nitrogen and oxygen atoms in total. The highest BCUT2D eigenvalue weighted by Crippen LogP contribution is 2.04. The summed E-state index contributed by atoms with van der Waals surface area (Å²) < 4.78 is 0. The Hall–Kier alpha value is -3.82. The van der Waals surface area contributed by atoms with Crippen molar-refractivity contribution < 1.29 is 34.5 Å². The zero-order valence-corrected chi connectivity index (χ0v) is 19.1. The van der Waals surface area contributed by atoms with Crippen LogP contribution in [0.5, 0.6) is 0 Å². The number of amides is 3. The number of carbonyl (C=O) groups is 4. The van der Waals surface area contributed by atoms with Crippen LogP contribution in [0.15, 0.2) is 25.0 Å². The molecule has 3 amide bonds. The maximum absolute atomic E-state index is 12.9. The van der Waals surface area contributed by atoms with Crippen LogP contribution in [0, 0.1) is 0 Å². The topological polar surface area (TPSA) is 248 Å². The summed E-state index contributed by atoms with van der Waals surface area (Å²) in [5, 5.41) is 35.9. The van der Waals surface area contributed by atoms with Gasteiger partial charge < -0.3 is 47.0 Å². The number of hydrogen-bond acceptors (Lipinski definition) is 9. The van der Waals surface area contributed by atoms with Crippen LogP contribution in [-0.2, 0) is 32.0 Å². The van der Waals surface area contributed by atoms with E-state index in [-0.39, 0.29) is 12.8 Å². The van der Waals surface area contributed by atoms with Crippen LogP contribution in [-0.4, -0.2) is 95.3 Å². The average molecular weight is 495 g/mol. The zero-order chi connectivity index (χ0) is 26.1. The first-order chi connectivity index (χ1) is 16.5. The summed E-state index contributed by atoms with van der Waals surface area (Å²) in [6, 6.07) is -5.49. The van der Waals surface area contributed by atoms with Gasteiger partial charge in [0.05, 0.1) is 30.9 Å². The van der Waals surface area contributed by atoms with Crippen molar-refractivity contribution in [2.75, 3.05) is 0 Å². The van der Waals surface area contributed by atoms with E-state index in [0.717, 1.165) is 0 Å². The largest absolute Gasteiger partial charge is 0.480 e. The molecule has 0 saturated carbocycles. The standard InChI is InChI=1S/C20H30N8O7/c1-9(29)15(27-17(31)13(21)3-11-5-22-7-24-11)19(33)26-14(4-12-6-23-8-25-12)18(32)28-16(10(2)30)20(34)35/h5-10,13-16,29-30H,3-4,21H2,1-2H3,(H,22,24)(H,23,25)(H,26,33)(H,27,31)(H,28,32)(H,34,35). The maximum Gasteiger partial charge on any atom is 0.328 e. The van der Waals surface area contributed by atoms with Crippen LogP contribution >= 0.6 is 0 Å². The maximum atomic E-state index is 12.9. The molecule has 10 N–H and O–H groups in total. The molecule has 15 heteroatoms. The van der Waals surface area contributed by atoms with Gasteiger partial charge in [0.25, 0.3) is 0 Å². The van der Waals surface area contributed by atoms with Gasteiger partial charge in [-0.05, 0) is 13.8 Å². The van der Waals surface area contributed by atoms with E-state index in [1.165, 1.54) is 38.9 Å². The predicted octanol–water partition coefficient (Wildman–Crippen LogP) is -3.45. The second-order valence-corrected chi connectivity index (χ2v) is 8.02. The van der Waals surface area contributed by atoms with E-state index in [2.05, 4.69) is 35.9 Å². The Labute approximate surface area is 199 Å². The van der Waals surface area contributed by atoms with Gasteiger partial charge in [-0.2, -0.15) is 0 Å². The highest BCUT2D eigenvalue weighted by molar-refractivity contribution is 5.94. The summed E-state index contributed by atoms with van der Waals surface area (Å²) >= 11 is 0. The lowest BCUT2D eigenvalue weighted by Crippen LogP contribution is -2.61. The van der Waals surface area contributed by atoms with E-state index in [1.807, 2.05) is 0 Å². The number of nitrogens with one attached hydrogen (secondary N) is 5. The number of nitrogens with two attached hydrogens (primary N) is 1. The average Bonchev–Trinajstić information content (AvgIpc) is 3.48. The van der Waals surface area contributed by atoms with Gasteiger partial charge in [0.2, 0.25) is 17.7 Å². The lowest BCUT2D eigenvalue weighted by atomic mass is 10.1. The molecule has 2 rings (SSSR count). The Bertz CT molecular complexity index is 978. The first kappa shape index (κ1) is 27.4. The van der Waals surface area contributed by atoms with Gasteiger partial charge >= 0.3 is 5.97 Å². The molecular weight excluding hydrogens is 464 g/mol. The van der Waals surface area contributed by atoms with Crippen LogP contribution < -0.4 is 21.7 Å². The van der Waals surface area contributed by atoms with E-state index in [9.17, 15) is 34.5 Å². The number of aromatic amines is 2. The smallest absolute Gasteiger partial charge is 0.328 e. The Morgan fingerprint density at radius 1 is 0.857 bits per heavy atom. The zero-order valence-electron chi connectivity index (χ0n) is 19.1. The minimum absolute atomic E-state index is 0.0980. The Kier molecular flexibility index (Phi) is 9.86. The molecule has 0 radical (unpaired) electrons. The van der Waals surface area contributed by atoms with Gasteiger partial charge in [-0.15, -0.1) is 0 Å². The molecule has 192 valence electrons. The van der Waals surface area contributed by atoms with Crippen LogP contribution in [0.3, 0.4) is 0 Å². The van der Waals surface area contributed by atoms with Gasteiger partial charge in [0, 0.05) is 36.6 Å². The Balaban J connectivity index is 2.13. The van der Waals surface area contributed by atoms with E-state index in [1.54, 1.807) is 0 Å². The van der Waals surface area contributed by atoms with Gasteiger partial charge in [-0.3, -0.25) is 14.4 Å². The van der Waals surface area contributed by atoms with Crippen molar-refractivity contribution >= 4 is 23.7 Å². The molecule has 0 bridgehead atoms. The van der Waals surface area contributed by atoms with Gasteiger partial charge in [0.15, 0.2) is 6.04 Å². The number of aliphatic hydroxyl groups is 2. The number of carboxylic acids is 1. The van der Waals surface area contributed by atoms with Crippen LogP contribution in [0.25, 0.3) is 0 Å². The summed E-state index contributed by atoms with van der Waals surface area (Å²) in [5.41, 5.74) is 6.91. The molecule has 0 fully saturated rings. The van der Waals surface area contributed by atoms with Crippen LogP contribution in [0.2, 0.25) is 0 Å². The number of carbonyl (C=O) groups excluding carboxylic acids is 3. The summed E-state index contributed by atoms with van der Waals surface area (Å²) in [5.74, 6) is -4.02. The first-order valence-corrected chi connectivity index (χ1v) is 10.7. The molecule has 2 aromatic heterocycles. The third kappa shape index (κ3) is 8.16. The third-order valence-corrected chi connectivity index (χ3v) is 5.05. The first-order valence-electron chi connectivity index (χ1n) is 10.7. The molecule has 6 unspecified atom stereocenters. The van der Waals surface area contributed by atoms with Crippen molar-refractivity contribution in [2.24, 2.45) is 5.73 Å². The molecule has 0 aliphatic carbocycles. The summed E-state index contributed by atoms with van der Waals surface area (Å²) in [6.45, 7) is 2.45. The highest BCUT2D eigenvalue weighted by atomic mass is 16.4. The van der Waals surface area contributed by atoms with E-state index in [0.29, 0.717) is 11.4 Å². The fraction of sp³-hybridized carbons (Fsp3) is 0.500. The number of imidazole rings is 2. The lowest BCUT2D eigenvalue weighted by Gasteiger charge is -2.26. The van der Waals surface area contributed by atoms with E-state index >= 15 is 0 Å². The number of aliphatic carboxylic acids is 1. The van der Waals surface area contributed by atoms with Crippen molar-refractivity contribution in [3.05, 3.63) is 36.4 Å². The van der Waals surface area contributed by atoms with Crippen molar-refractivity contribution in [3.8, 4) is 0 Å². The molecule has 0 aromatic carbocycles. The van der Waals surface area contributed by atoms with Crippen molar-refractivity contribution in [3.63, 3.8) is 0 Å².